The summed E-state index contributed by atoms with van der Waals surface area (Å²) in [5.41, 5.74) is 5.61. The highest BCUT2D eigenvalue weighted by Crippen LogP contribution is 2.28. The minimum absolute atomic E-state index is 0.0265. The second-order valence-electron chi connectivity index (χ2n) is 6.08. The minimum Gasteiger partial charge on any atom is -0.381 e. The summed E-state index contributed by atoms with van der Waals surface area (Å²) < 4.78 is 0. The van der Waals surface area contributed by atoms with Gasteiger partial charge < -0.3 is 9.74 Å². The van der Waals surface area contributed by atoms with Crippen LogP contribution < -0.4 is 0 Å². The zero-order valence-electron chi connectivity index (χ0n) is 14.4. The van der Waals surface area contributed by atoms with E-state index >= 15 is 0 Å². The van der Waals surface area contributed by atoms with Crippen molar-refractivity contribution in [1.29, 1.82) is 0 Å². The first kappa shape index (κ1) is 16.5. The maximum absolute atomic E-state index is 12.5. The van der Waals surface area contributed by atoms with Crippen LogP contribution in [-0.2, 0) is 9.63 Å². The van der Waals surface area contributed by atoms with Crippen LogP contribution in [0.25, 0.3) is 0 Å². The summed E-state index contributed by atoms with van der Waals surface area (Å²) in [7, 11) is 0. The third kappa shape index (κ3) is 2.87. The van der Waals surface area contributed by atoms with Crippen molar-refractivity contribution in [2.24, 2.45) is 11.1 Å². The zero-order chi connectivity index (χ0) is 16.4. The molecule has 1 aliphatic rings. The maximum atomic E-state index is 12.5. The Bertz CT molecular complexity index is 580. The highest BCUT2D eigenvalue weighted by atomic mass is 16.6. The molecule has 0 fully saturated rings. The Hall–Kier alpha value is -1.84. The van der Waals surface area contributed by atoms with Gasteiger partial charge in [0, 0.05) is 18.7 Å². The molecule has 0 N–H and O–H groups in total. The molecule has 1 amide bonds. The average Bonchev–Trinajstić information content (AvgIpc) is 2.81. The number of amides is 1. The fourth-order valence-corrected chi connectivity index (χ4v) is 3.26. The molecule has 0 aromatic heterocycles. The van der Waals surface area contributed by atoms with Crippen LogP contribution in [0.4, 0.5) is 0 Å². The van der Waals surface area contributed by atoms with E-state index in [2.05, 4.69) is 38.1 Å². The first-order valence-electron chi connectivity index (χ1n) is 8.01. The molecule has 0 aliphatic carbocycles. The molecule has 0 spiro atoms. The second kappa shape index (κ2) is 6.51. The van der Waals surface area contributed by atoms with E-state index < -0.39 is 6.10 Å². The Balaban J connectivity index is 2.29. The van der Waals surface area contributed by atoms with Gasteiger partial charge in [0.25, 0.3) is 5.91 Å². The average molecular weight is 302 g/mol. The standard InChI is InChI=1S/C18H26N2O2/c1-7-20(8-2)18(21)17-14(6)16(19-22-17)15-12(4)9-11(3)10-13(15)5/h9-10,14,17H,7-8H2,1-6H3/t14-,17-/m1/s1. The molecule has 1 heterocycles. The molecule has 0 unspecified atom stereocenters. The van der Waals surface area contributed by atoms with Gasteiger partial charge in [-0.05, 0) is 45.7 Å². The van der Waals surface area contributed by atoms with Gasteiger partial charge in [-0.15, -0.1) is 0 Å². The summed E-state index contributed by atoms with van der Waals surface area (Å²) in [6.45, 7) is 13.6. The number of benzene rings is 1. The molecule has 0 radical (unpaired) electrons. The van der Waals surface area contributed by atoms with Crippen molar-refractivity contribution in [3.63, 3.8) is 0 Å². The van der Waals surface area contributed by atoms with Crippen LogP contribution in [0.3, 0.4) is 0 Å². The van der Waals surface area contributed by atoms with Gasteiger partial charge >= 0.3 is 0 Å². The van der Waals surface area contributed by atoms with Gasteiger partial charge in [-0.3, -0.25) is 4.79 Å². The molecule has 1 aliphatic heterocycles. The van der Waals surface area contributed by atoms with Crippen LogP contribution in [0.15, 0.2) is 17.3 Å². The number of hydrogen-bond donors (Lipinski definition) is 0. The number of rotatable bonds is 4. The van der Waals surface area contributed by atoms with Crippen LogP contribution in [-0.4, -0.2) is 35.7 Å². The van der Waals surface area contributed by atoms with Gasteiger partial charge in [-0.25, -0.2) is 0 Å². The maximum Gasteiger partial charge on any atom is 0.267 e. The zero-order valence-corrected chi connectivity index (χ0v) is 14.4. The first-order valence-corrected chi connectivity index (χ1v) is 8.01. The largest absolute Gasteiger partial charge is 0.381 e. The van der Waals surface area contributed by atoms with Crippen molar-refractivity contribution in [3.05, 3.63) is 34.4 Å². The molecular formula is C18H26N2O2. The SMILES string of the molecule is CCN(CC)C(=O)[C@@H]1ON=C(c2c(C)cc(C)cc2C)[C@H]1C. The monoisotopic (exact) mass is 302 g/mol. The summed E-state index contributed by atoms with van der Waals surface area (Å²) in [6.07, 6.45) is -0.505. The van der Waals surface area contributed by atoms with Gasteiger partial charge in [0.15, 0.2) is 0 Å². The van der Waals surface area contributed by atoms with E-state index in [1.54, 1.807) is 4.90 Å². The highest BCUT2D eigenvalue weighted by Gasteiger charge is 2.39. The summed E-state index contributed by atoms with van der Waals surface area (Å²) >= 11 is 0. The Morgan fingerprint density at radius 3 is 2.23 bits per heavy atom. The van der Waals surface area contributed by atoms with E-state index in [0.29, 0.717) is 13.1 Å². The second-order valence-corrected chi connectivity index (χ2v) is 6.08. The van der Waals surface area contributed by atoms with Gasteiger partial charge in [0.2, 0.25) is 6.10 Å². The van der Waals surface area contributed by atoms with Crippen molar-refractivity contribution in [1.82, 2.24) is 4.90 Å². The topological polar surface area (TPSA) is 41.9 Å². The lowest BCUT2D eigenvalue weighted by Crippen LogP contribution is -2.42. The number of carbonyl (C=O) groups is 1. The molecule has 1 aromatic rings. The molecule has 2 atom stereocenters. The quantitative estimate of drug-likeness (QED) is 0.857. The van der Waals surface area contributed by atoms with Crippen LogP contribution >= 0.6 is 0 Å². The van der Waals surface area contributed by atoms with Crippen molar-refractivity contribution in [3.8, 4) is 0 Å². The Morgan fingerprint density at radius 1 is 1.18 bits per heavy atom. The number of likely N-dealkylation sites (N-methyl/N-ethyl adjacent to an activating group) is 1. The van der Waals surface area contributed by atoms with Crippen molar-refractivity contribution < 1.29 is 9.63 Å². The fourth-order valence-electron chi connectivity index (χ4n) is 3.26. The van der Waals surface area contributed by atoms with Crippen molar-refractivity contribution >= 4 is 11.6 Å². The van der Waals surface area contributed by atoms with E-state index in [4.69, 9.17) is 4.84 Å². The van der Waals surface area contributed by atoms with E-state index in [9.17, 15) is 4.79 Å². The van der Waals surface area contributed by atoms with Crippen LogP contribution in [0, 0.1) is 26.7 Å². The smallest absolute Gasteiger partial charge is 0.267 e. The Kier molecular flexibility index (Phi) is 4.89. The molecule has 4 nitrogen and oxygen atoms in total. The van der Waals surface area contributed by atoms with E-state index in [-0.39, 0.29) is 11.8 Å². The number of nitrogens with zero attached hydrogens (tertiary/aromatic N) is 2. The number of hydrogen-bond acceptors (Lipinski definition) is 3. The molecular weight excluding hydrogens is 276 g/mol. The van der Waals surface area contributed by atoms with Gasteiger partial charge in [0.1, 0.15) is 0 Å². The van der Waals surface area contributed by atoms with Crippen molar-refractivity contribution in [2.75, 3.05) is 13.1 Å². The van der Waals surface area contributed by atoms with E-state index in [1.165, 1.54) is 16.7 Å². The summed E-state index contributed by atoms with van der Waals surface area (Å²) in [5, 5.41) is 4.26. The summed E-state index contributed by atoms with van der Waals surface area (Å²) in [5.74, 6) is -0.00752. The van der Waals surface area contributed by atoms with E-state index in [0.717, 1.165) is 11.3 Å². The number of oxime groups is 1. The van der Waals surface area contributed by atoms with Crippen LogP contribution in [0.1, 0.15) is 43.0 Å². The minimum atomic E-state index is -0.505. The molecule has 22 heavy (non-hydrogen) atoms. The molecule has 0 saturated carbocycles. The third-order valence-corrected chi connectivity index (χ3v) is 4.40. The number of aryl methyl sites for hydroxylation is 3. The summed E-state index contributed by atoms with van der Waals surface area (Å²) in [6, 6.07) is 4.30. The predicted molar refractivity (Wildman–Crippen MR) is 89.2 cm³/mol. The molecule has 0 saturated heterocycles. The lowest BCUT2D eigenvalue weighted by molar-refractivity contribution is -0.143. The molecule has 4 heteroatoms. The normalized spacial score (nSPS) is 20.5. The van der Waals surface area contributed by atoms with Crippen LogP contribution in [0.5, 0.6) is 0 Å². The molecule has 2 rings (SSSR count). The molecule has 0 bridgehead atoms. The summed E-state index contributed by atoms with van der Waals surface area (Å²) in [4.78, 5) is 19.9. The van der Waals surface area contributed by atoms with Crippen molar-refractivity contribution in [2.45, 2.75) is 47.6 Å². The Labute approximate surface area is 133 Å². The van der Waals surface area contributed by atoms with Gasteiger partial charge in [-0.2, -0.15) is 0 Å². The lowest BCUT2D eigenvalue weighted by atomic mass is 9.87. The molecule has 1 aromatic carbocycles. The fraction of sp³-hybridized carbons (Fsp3) is 0.556. The predicted octanol–water partition coefficient (Wildman–Crippen LogP) is 3.22. The number of carbonyl (C=O) groups excluding carboxylic acids is 1. The first-order chi connectivity index (χ1) is 10.4. The van der Waals surface area contributed by atoms with Gasteiger partial charge in [0.05, 0.1) is 11.6 Å². The highest BCUT2D eigenvalue weighted by molar-refractivity contribution is 6.07. The lowest BCUT2D eigenvalue weighted by Gasteiger charge is -2.23. The third-order valence-electron chi connectivity index (χ3n) is 4.40. The Morgan fingerprint density at radius 2 is 1.73 bits per heavy atom. The van der Waals surface area contributed by atoms with Crippen LogP contribution in [0.2, 0.25) is 0 Å². The van der Waals surface area contributed by atoms with E-state index in [1.807, 2.05) is 20.8 Å². The molecule has 120 valence electrons. The van der Waals surface area contributed by atoms with Gasteiger partial charge in [-0.1, -0.05) is 29.8 Å².